The van der Waals surface area contributed by atoms with Crippen LogP contribution in [0.15, 0.2) is 47.3 Å². The molecule has 3 heterocycles. The Hall–Kier alpha value is -3.47. The van der Waals surface area contributed by atoms with E-state index in [0.717, 1.165) is 40.5 Å². The van der Waals surface area contributed by atoms with Crippen molar-refractivity contribution in [2.45, 2.75) is 19.5 Å². The van der Waals surface area contributed by atoms with Crippen LogP contribution in [0.2, 0.25) is 5.02 Å². The first-order valence-electron chi connectivity index (χ1n) is 12.2. The first-order chi connectivity index (χ1) is 18.0. The molecule has 0 radical (unpaired) electrons. The Labute approximate surface area is 219 Å². The van der Waals surface area contributed by atoms with E-state index in [1.165, 1.54) is 5.56 Å². The summed E-state index contributed by atoms with van der Waals surface area (Å²) >= 11 is 6.29. The van der Waals surface area contributed by atoms with Crippen LogP contribution in [0, 0.1) is 6.92 Å². The fourth-order valence-corrected chi connectivity index (χ4v) is 5.09. The Bertz CT molecular complexity index is 1450. The summed E-state index contributed by atoms with van der Waals surface area (Å²) in [5.41, 5.74) is 3.47. The Balaban J connectivity index is 1.53. The predicted molar refractivity (Wildman–Crippen MR) is 143 cm³/mol. The minimum atomic E-state index is -0.436. The van der Waals surface area contributed by atoms with Gasteiger partial charge in [-0.15, -0.1) is 5.10 Å². The molecule has 0 bridgehead atoms. The van der Waals surface area contributed by atoms with Crippen LogP contribution in [0.3, 0.4) is 0 Å². The topological polar surface area (TPSA) is 101 Å². The fraction of sp³-hybridized carbons (Fsp3) is 0.385. The van der Waals surface area contributed by atoms with E-state index >= 15 is 0 Å². The molecule has 1 fully saturated rings. The number of halogens is 1. The summed E-state index contributed by atoms with van der Waals surface area (Å²) in [4.78, 5) is 21.1. The molecule has 0 spiro atoms. The second-order valence-electron chi connectivity index (χ2n) is 9.12. The molecule has 2 aromatic heterocycles. The highest BCUT2D eigenvalue weighted by Crippen LogP contribution is 2.31. The number of nitrogens with one attached hydrogen (secondary N) is 1. The molecule has 10 nitrogen and oxygen atoms in total. The predicted octanol–water partition coefficient (Wildman–Crippen LogP) is 3.04. The molecule has 2 aromatic carbocycles. The lowest BCUT2D eigenvalue weighted by Crippen LogP contribution is -2.49. The molecule has 37 heavy (non-hydrogen) atoms. The maximum absolute atomic E-state index is 13.4. The van der Waals surface area contributed by atoms with Gasteiger partial charge in [0.25, 0.3) is 5.56 Å². The number of H-pyrrole nitrogens is 1. The van der Waals surface area contributed by atoms with Crippen molar-refractivity contribution in [1.82, 2.24) is 30.1 Å². The molecule has 1 aliphatic heterocycles. The van der Waals surface area contributed by atoms with E-state index < -0.39 is 6.04 Å². The molecule has 11 heteroatoms. The van der Waals surface area contributed by atoms with Crippen molar-refractivity contribution in [3.63, 3.8) is 0 Å². The van der Waals surface area contributed by atoms with Crippen LogP contribution >= 0.6 is 11.6 Å². The van der Waals surface area contributed by atoms with E-state index in [9.17, 15) is 4.79 Å². The summed E-state index contributed by atoms with van der Waals surface area (Å²) in [7, 11) is 3.27. The summed E-state index contributed by atoms with van der Waals surface area (Å²) in [5, 5.41) is 14.1. The van der Waals surface area contributed by atoms with Crippen molar-refractivity contribution in [3.05, 3.63) is 74.8 Å². The molecule has 4 aromatic rings. The minimum Gasteiger partial charge on any atom is -0.497 e. The highest BCUT2D eigenvalue weighted by molar-refractivity contribution is 6.30. The molecule has 1 N–H and O–H groups in total. The molecule has 1 aliphatic rings. The van der Waals surface area contributed by atoms with Crippen LogP contribution in [0.1, 0.15) is 23.0 Å². The van der Waals surface area contributed by atoms with Gasteiger partial charge >= 0.3 is 0 Å². The summed E-state index contributed by atoms with van der Waals surface area (Å²) in [6.07, 6.45) is 0. The summed E-state index contributed by atoms with van der Waals surface area (Å²) in [6, 6.07) is 13.0. The maximum Gasteiger partial charge on any atom is 0.253 e. The van der Waals surface area contributed by atoms with Crippen LogP contribution in [0.25, 0.3) is 10.9 Å². The van der Waals surface area contributed by atoms with Crippen molar-refractivity contribution in [3.8, 4) is 5.75 Å². The number of aryl methyl sites for hydroxylation is 1. The van der Waals surface area contributed by atoms with Crippen LogP contribution in [-0.2, 0) is 11.3 Å². The van der Waals surface area contributed by atoms with E-state index in [1.54, 1.807) is 18.9 Å². The van der Waals surface area contributed by atoms with E-state index in [0.29, 0.717) is 37.6 Å². The van der Waals surface area contributed by atoms with Crippen molar-refractivity contribution < 1.29 is 9.47 Å². The highest BCUT2D eigenvalue weighted by Gasteiger charge is 2.33. The van der Waals surface area contributed by atoms with Crippen molar-refractivity contribution in [2.24, 2.45) is 0 Å². The standard InChI is InChI=1S/C26H30ClN7O3/c1-17-4-5-19(27)16-23(17)32-8-10-33(11-9-32)24(25-29-30-31-34(25)12-13-36-2)21-15-18-14-20(37-3)6-7-22(18)28-26(21)35/h4-7,14-16,24H,8-13H2,1-3H3,(H,28,35)/t24-/m1/s1. The zero-order valence-electron chi connectivity index (χ0n) is 21.1. The number of benzene rings is 2. The zero-order chi connectivity index (χ0) is 25.9. The fourth-order valence-electron chi connectivity index (χ4n) is 4.92. The lowest BCUT2D eigenvalue weighted by atomic mass is 10.0. The SMILES string of the molecule is COCCn1nnnc1[C@@H](c1cc2cc(OC)ccc2[nH]c1=O)N1CCN(c2cc(Cl)ccc2C)CC1. The van der Waals surface area contributed by atoms with Gasteiger partial charge in [-0.2, -0.15) is 0 Å². The third-order valence-corrected chi connectivity index (χ3v) is 7.11. The average Bonchev–Trinajstić information content (AvgIpc) is 3.37. The van der Waals surface area contributed by atoms with Gasteiger partial charge in [0, 0.05) is 60.5 Å². The number of ether oxygens (including phenoxy) is 2. The monoisotopic (exact) mass is 523 g/mol. The van der Waals surface area contributed by atoms with E-state index in [1.807, 2.05) is 42.5 Å². The number of pyridine rings is 1. The first-order valence-corrected chi connectivity index (χ1v) is 12.6. The Kier molecular flexibility index (Phi) is 7.40. The minimum absolute atomic E-state index is 0.169. The molecule has 0 aliphatic carbocycles. The van der Waals surface area contributed by atoms with Crippen LogP contribution in [0.4, 0.5) is 5.69 Å². The molecule has 0 saturated carbocycles. The van der Waals surface area contributed by atoms with E-state index in [4.69, 9.17) is 21.1 Å². The molecule has 1 atom stereocenters. The van der Waals surface area contributed by atoms with Gasteiger partial charge in [0.15, 0.2) is 5.82 Å². The molecule has 194 valence electrons. The Morgan fingerprint density at radius 1 is 1.08 bits per heavy atom. The molecule has 0 amide bonds. The number of methoxy groups -OCH3 is 2. The molecular formula is C26H30ClN7O3. The first kappa shape index (κ1) is 25.2. The second kappa shape index (κ2) is 10.9. The number of aromatic nitrogens is 5. The largest absolute Gasteiger partial charge is 0.497 e. The molecule has 1 saturated heterocycles. The van der Waals surface area contributed by atoms with Gasteiger partial charge in [-0.05, 0) is 59.3 Å². The van der Waals surface area contributed by atoms with Crippen molar-refractivity contribution in [2.75, 3.05) is 51.9 Å². The number of hydrogen-bond donors (Lipinski definition) is 1. The second-order valence-corrected chi connectivity index (χ2v) is 9.55. The van der Waals surface area contributed by atoms with Crippen LogP contribution in [-0.4, -0.2) is 77.1 Å². The van der Waals surface area contributed by atoms with Gasteiger partial charge < -0.3 is 19.4 Å². The molecule has 0 unspecified atom stereocenters. The quantitative estimate of drug-likeness (QED) is 0.376. The van der Waals surface area contributed by atoms with Gasteiger partial charge in [0.2, 0.25) is 0 Å². The summed E-state index contributed by atoms with van der Waals surface area (Å²) in [5.74, 6) is 1.33. The number of aromatic amines is 1. The lowest BCUT2D eigenvalue weighted by Gasteiger charge is -2.40. The lowest BCUT2D eigenvalue weighted by molar-refractivity contribution is 0.171. The third-order valence-electron chi connectivity index (χ3n) is 6.88. The smallest absolute Gasteiger partial charge is 0.253 e. The number of rotatable bonds is 8. The van der Waals surface area contributed by atoms with Crippen molar-refractivity contribution >= 4 is 28.2 Å². The van der Waals surface area contributed by atoms with Gasteiger partial charge in [-0.3, -0.25) is 9.69 Å². The number of anilines is 1. The molecule has 5 rings (SSSR count). The number of fused-ring (bicyclic) bond motifs is 1. The molecular weight excluding hydrogens is 494 g/mol. The highest BCUT2D eigenvalue weighted by atomic mass is 35.5. The maximum atomic E-state index is 13.4. The number of tetrazole rings is 1. The van der Waals surface area contributed by atoms with Gasteiger partial charge in [-0.1, -0.05) is 17.7 Å². The normalized spacial score (nSPS) is 15.3. The summed E-state index contributed by atoms with van der Waals surface area (Å²) in [6.45, 7) is 6.00. The average molecular weight is 524 g/mol. The number of piperazine rings is 1. The van der Waals surface area contributed by atoms with Gasteiger partial charge in [-0.25, -0.2) is 4.68 Å². The Morgan fingerprint density at radius 3 is 2.65 bits per heavy atom. The number of nitrogens with zero attached hydrogens (tertiary/aromatic N) is 6. The van der Waals surface area contributed by atoms with Crippen molar-refractivity contribution in [1.29, 1.82) is 0 Å². The van der Waals surface area contributed by atoms with E-state index in [-0.39, 0.29) is 5.56 Å². The van der Waals surface area contributed by atoms with Crippen LogP contribution < -0.4 is 15.2 Å². The van der Waals surface area contributed by atoms with Gasteiger partial charge in [0.1, 0.15) is 11.8 Å². The summed E-state index contributed by atoms with van der Waals surface area (Å²) < 4.78 is 12.4. The zero-order valence-corrected chi connectivity index (χ0v) is 21.9. The third kappa shape index (κ3) is 5.18. The Morgan fingerprint density at radius 2 is 1.89 bits per heavy atom. The van der Waals surface area contributed by atoms with Crippen LogP contribution in [0.5, 0.6) is 5.75 Å². The van der Waals surface area contributed by atoms with Gasteiger partial charge in [0.05, 0.1) is 20.3 Å². The number of hydrogen-bond acceptors (Lipinski definition) is 8. The van der Waals surface area contributed by atoms with E-state index in [2.05, 4.69) is 37.2 Å².